The summed E-state index contributed by atoms with van der Waals surface area (Å²) < 4.78 is 28.0. The Morgan fingerprint density at radius 3 is 1.67 bits per heavy atom. The largest absolute Gasteiger partial charge is 0.500 e. The van der Waals surface area contributed by atoms with E-state index in [0.29, 0.717) is 46.2 Å². The van der Waals surface area contributed by atoms with Gasteiger partial charge in [0.1, 0.15) is 0 Å². The molecule has 1 N–H and O–H groups in total. The first kappa shape index (κ1) is 29.3. The fourth-order valence-corrected chi connectivity index (χ4v) is 5.95. The highest BCUT2D eigenvalue weighted by Gasteiger charge is 2.39. The van der Waals surface area contributed by atoms with Crippen LogP contribution < -0.4 is 5.32 Å². The number of alkyl carbamates (subject to hydrolysis) is 1. The van der Waals surface area contributed by atoms with Crippen molar-refractivity contribution in [3.05, 3.63) is 0 Å². The molecule has 30 heavy (non-hydrogen) atoms. The summed E-state index contributed by atoms with van der Waals surface area (Å²) in [5.41, 5.74) is 0. The molecule has 0 saturated heterocycles. The van der Waals surface area contributed by atoms with Crippen LogP contribution in [0.2, 0.25) is 6.04 Å². The molecular formula is C22H47NO6Si. The minimum Gasteiger partial charge on any atom is -0.450 e. The molecule has 0 radical (unpaired) electrons. The zero-order chi connectivity index (χ0) is 22.3. The summed E-state index contributed by atoms with van der Waals surface area (Å²) in [5.74, 6) is 0. The zero-order valence-electron chi connectivity index (χ0n) is 20.0. The van der Waals surface area contributed by atoms with Crippen molar-refractivity contribution in [3.63, 3.8) is 0 Å². The van der Waals surface area contributed by atoms with Crippen LogP contribution in [0, 0.1) is 0 Å². The first-order valence-electron chi connectivity index (χ1n) is 12.0. The third kappa shape index (κ3) is 17.1. The predicted molar refractivity (Wildman–Crippen MR) is 123 cm³/mol. The average molecular weight is 450 g/mol. The average Bonchev–Trinajstić information content (AvgIpc) is 2.72. The SMILES string of the molecule is CCOCCNC(=O)OCCCCCCCCCCC[Si](OCC)(OCC)OCC. The van der Waals surface area contributed by atoms with E-state index in [1.165, 1.54) is 38.5 Å². The molecule has 7 nitrogen and oxygen atoms in total. The molecule has 0 bridgehead atoms. The number of hydrogen-bond donors (Lipinski definition) is 1. The van der Waals surface area contributed by atoms with E-state index in [1.54, 1.807) is 0 Å². The molecule has 0 aliphatic heterocycles. The second-order valence-electron chi connectivity index (χ2n) is 7.17. The molecule has 0 atom stereocenters. The van der Waals surface area contributed by atoms with Gasteiger partial charge in [-0.2, -0.15) is 0 Å². The molecule has 0 saturated carbocycles. The lowest BCUT2D eigenvalue weighted by Crippen LogP contribution is -2.45. The molecule has 0 aromatic carbocycles. The van der Waals surface area contributed by atoms with Crippen LogP contribution in [0.3, 0.4) is 0 Å². The molecule has 8 heteroatoms. The van der Waals surface area contributed by atoms with Crippen molar-refractivity contribution >= 4 is 14.9 Å². The normalized spacial score (nSPS) is 11.6. The van der Waals surface area contributed by atoms with Gasteiger partial charge in [-0.1, -0.05) is 44.9 Å². The lowest BCUT2D eigenvalue weighted by molar-refractivity contribution is 0.0706. The van der Waals surface area contributed by atoms with Gasteiger partial charge in [-0.15, -0.1) is 0 Å². The number of nitrogens with one attached hydrogen (secondary N) is 1. The topological polar surface area (TPSA) is 75.3 Å². The van der Waals surface area contributed by atoms with Gasteiger partial charge in [0, 0.05) is 39.0 Å². The molecule has 1 amide bonds. The quantitative estimate of drug-likeness (QED) is 0.178. The Morgan fingerprint density at radius 2 is 1.17 bits per heavy atom. The Morgan fingerprint density at radius 1 is 0.667 bits per heavy atom. The third-order valence-corrected chi connectivity index (χ3v) is 7.82. The lowest BCUT2D eigenvalue weighted by atomic mass is 10.1. The van der Waals surface area contributed by atoms with Crippen LogP contribution in [-0.4, -0.2) is 61.1 Å². The standard InChI is InChI=1S/C22H47NO6Si/c1-5-25-20-18-23-22(24)26-19-16-14-12-10-9-11-13-15-17-21-30(27-6-2,28-7-3)29-8-4/h5-21H2,1-4H3,(H,23,24). The van der Waals surface area contributed by atoms with E-state index in [4.69, 9.17) is 22.8 Å². The second-order valence-corrected chi connectivity index (χ2v) is 9.91. The van der Waals surface area contributed by atoms with Crippen LogP contribution in [0.1, 0.15) is 85.5 Å². The van der Waals surface area contributed by atoms with Crippen molar-refractivity contribution in [2.75, 3.05) is 46.2 Å². The van der Waals surface area contributed by atoms with E-state index < -0.39 is 8.80 Å². The minimum absolute atomic E-state index is 0.347. The van der Waals surface area contributed by atoms with Crippen LogP contribution in [0.15, 0.2) is 0 Å². The first-order chi connectivity index (χ1) is 14.6. The van der Waals surface area contributed by atoms with Gasteiger partial charge in [0.05, 0.1) is 13.2 Å². The van der Waals surface area contributed by atoms with Gasteiger partial charge >= 0.3 is 14.9 Å². The van der Waals surface area contributed by atoms with E-state index in [9.17, 15) is 4.79 Å². The molecule has 0 heterocycles. The number of amides is 1. The summed E-state index contributed by atoms with van der Waals surface area (Å²) in [5, 5.41) is 2.68. The Hall–Kier alpha value is -0.673. The number of hydrogen-bond acceptors (Lipinski definition) is 6. The summed E-state index contributed by atoms with van der Waals surface area (Å²) in [4.78, 5) is 11.4. The van der Waals surface area contributed by atoms with Gasteiger partial charge in [-0.3, -0.25) is 0 Å². The molecule has 0 aromatic heterocycles. The third-order valence-electron chi connectivity index (χ3n) is 4.67. The van der Waals surface area contributed by atoms with E-state index in [-0.39, 0.29) is 6.09 Å². The first-order valence-corrected chi connectivity index (χ1v) is 14.0. The highest BCUT2D eigenvalue weighted by Crippen LogP contribution is 2.21. The summed E-state index contributed by atoms with van der Waals surface area (Å²) in [6, 6.07) is 0.918. The number of unbranched alkanes of at least 4 members (excludes halogenated alkanes) is 8. The van der Waals surface area contributed by atoms with Crippen LogP contribution in [0.5, 0.6) is 0 Å². The van der Waals surface area contributed by atoms with Crippen LogP contribution in [0.25, 0.3) is 0 Å². The van der Waals surface area contributed by atoms with Crippen molar-refractivity contribution in [2.24, 2.45) is 0 Å². The van der Waals surface area contributed by atoms with Gasteiger partial charge in [0.15, 0.2) is 0 Å². The number of rotatable bonds is 22. The van der Waals surface area contributed by atoms with E-state index in [0.717, 1.165) is 25.3 Å². The Bertz CT molecular complexity index is 370. The fraction of sp³-hybridized carbons (Fsp3) is 0.955. The van der Waals surface area contributed by atoms with Crippen molar-refractivity contribution in [1.29, 1.82) is 0 Å². The Labute approximate surface area is 185 Å². The summed E-state index contributed by atoms with van der Waals surface area (Å²) in [6.45, 7) is 12.1. The van der Waals surface area contributed by atoms with Crippen molar-refractivity contribution < 1.29 is 27.5 Å². The van der Waals surface area contributed by atoms with Crippen LogP contribution in [-0.2, 0) is 22.8 Å². The zero-order valence-corrected chi connectivity index (χ0v) is 21.0. The molecule has 0 aliphatic carbocycles. The lowest BCUT2D eigenvalue weighted by Gasteiger charge is -2.28. The van der Waals surface area contributed by atoms with Crippen molar-refractivity contribution in [2.45, 2.75) is 91.5 Å². The molecular weight excluding hydrogens is 402 g/mol. The summed E-state index contributed by atoms with van der Waals surface area (Å²) >= 11 is 0. The monoisotopic (exact) mass is 449 g/mol. The molecule has 0 aromatic rings. The number of carbonyl (C=O) groups excluding carboxylic acids is 1. The molecule has 0 unspecified atom stereocenters. The molecule has 0 spiro atoms. The van der Waals surface area contributed by atoms with E-state index in [2.05, 4.69) is 5.32 Å². The van der Waals surface area contributed by atoms with Gasteiger partial charge in [0.25, 0.3) is 0 Å². The molecule has 180 valence electrons. The van der Waals surface area contributed by atoms with Crippen LogP contribution >= 0.6 is 0 Å². The maximum absolute atomic E-state index is 11.4. The van der Waals surface area contributed by atoms with Crippen molar-refractivity contribution in [1.82, 2.24) is 5.32 Å². The molecule has 0 aliphatic rings. The van der Waals surface area contributed by atoms with Crippen molar-refractivity contribution in [3.8, 4) is 0 Å². The van der Waals surface area contributed by atoms with E-state index >= 15 is 0 Å². The summed E-state index contributed by atoms with van der Waals surface area (Å²) in [7, 11) is -2.46. The predicted octanol–water partition coefficient (Wildman–Crippen LogP) is 5.31. The maximum atomic E-state index is 11.4. The van der Waals surface area contributed by atoms with E-state index in [1.807, 2.05) is 27.7 Å². The molecule has 0 fully saturated rings. The second kappa shape index (κ2) is 21.6. The van der Waals surface area contributed by atoms with Gasteiger partial charge in [-0.25, -0.2) is 4.79 Å². The highest BCUT2D eigenvalue weighted by atomic mass is 28.4. The number of ether oxygens (including phenoxy) is 2. The number of carbonyl (C=O) groups is 1. The summed E-state index contributed by atoms with van der Waals surface area (Å²) in [6.07, 6.45) is 10.2. The minimum atomic E-state index is -2.46. The van der Waals surface area contributed by atoms with Gasteiger partial charge in [-0.05, 0) is 40.5 Å². The Kier molecular flexibility index (Phi) is 21.1. The van der Waals surface area contributed by atoms with Gasteiger partial charge < -0.3 is 28.1 Å². The molecule has 0 rings (SSSR count). The fourth-order valence-electron chi connectivity index (χ4n) is 3.27. The van der Waals surface area contributed by atoms with Gasteiger partial charge in [0.2, 0.25) is 0 Å². The highest BCUT2D eigenvalue weighted by molar-refractivity contribution is 6.60. The maximum Gasteiger partial charge on any atom is 0.500 e. The van der Waals surface area contributed by atoms with Crippen LogP contribution in [0.4, 0.5) is 4.79 Å². The Balaban J connectivity index is 3.53. The smallest absolute Gasteiger partial charge is 0.450 e.